The van der Waals surface area contributed by atoms with Crippen molar-refractivity contribution in [3.63, 3.8) is 0 Å². The summed E-state index contributed by atoms with van der Waals surface area (Å²) in [5.41, 5.74) is 2.07. The average molecular weight is 416 g/mol. The van der Waals surface area contributed by atoms with Crippen molar-refractivity contribution in [2.75, 3.05) is 17.7 Å². The number of methoxy groups -OCH3 is 1. The van der Waals surface area contributed by atoms with E-state index in [-0.39, 0.29) is 18.7 Å². The van der Waals surface area contributed by atoms with Gasteiger partial charge < -0.3 is 20.5 Å². The lowest BCUT2D eigenvalue weighted by molar-refractivity contribution is -0.138. The van der Waals surface area contributed by atoms with E-state index in [0.29, 0.717) is 22.0 Å². The molecule has 7 nitrogen and oxygen atoms in total. The smallest absolute Gasteiger partial charge is 0.303 e. The molecule has 1 aliphatic rings. The number of rotatable bonds is 7. The number of aryl methyl sites for hydroxylation is 1. The van der Waals surface area contributed by atoms with E-state index in [9.17, 15) is 14.4 Å². The Morgan fingerprint density at radius 1 is 1.10 bits per heavy atom. The van der Waals surface area contributed by atoms with Gasteiger partial charge in [-0.05, 0) is 43.4 Å². The number of benzene rings is 1. The molecule has 3 N–H and O–H groups in total. The minimum absolute atomic E-state index is 0.130. The second kappa shape index (κ2) is 9.56. The Labute approximate surface area is 173 Å². The van der Waals surface area contributed by atoms with Crippen molar-refractivity contribution in [2.45, 2.75) is 44.9 Å². The van der Waals surface area contributed by atoms with Gasteiger partial charge in [0.05, 0.1) is 19.1 Å². The Bertz CT molecular complexity index is 922. The molecule has 154 valence electrons. The maximum atomic E-state index is 13.1. The van der Waals surface area contributed by atoms with E-state index in [1.807, 2.05) is 0 Å². The molecule has 1 aromatic carbocycles. The SMILES string of the molecule is COc1cccc(NC(=O)c2c(NC(=O)CCC(=O)O)sc3c2CCCCC3)c1. The quantitative estimate of drug-likeness (QED) is 0.590. The molecule has 29 heavy (non-hydrogen) atoms. The summed E-state index contributed by atoms with van der Waals surface area (Å²) in [7, 11) is 1.56. The lowest BCUT2D eigenvalue weighted by Gasteiger charge is -2.11. The van der Waals surface area contributed by atoms with Crippen molar-refractivity contribution in [3.05, 3.63) is 40.3 Å². The molecule has 2 amide bonds. The van der Waals surface area contributed by atoms with Crippen LogP contribution in [0, 0.1) is 0 Å². The second-order valence-electron chi connectivity index (χ2n) is 6.90. The van der Waals surface area contributed by atoms with Crippen molar-refractivity contribution in [2.24, 2.45) is 0 Å². The Kier molecular flexibility index (Phi) is 6.87. The highest BCUT2D eigenvalue weighted by Crippen LogP contribution is 2.38. The van der Waals surface area contributed by atoms with Gasteiger partial charge in [0.25, 0.3) is 5.91 Å². The molecular formula is C21H24N2O5S. The fourth-order valence-corrected chi connectivity index (χ4v) is 4.68. The highest BCUT2D eigenvalue weighted by atomic mass is 32.1. The Balaban J connectivity index is 1.87. The number of anilines is 2. The van der Waals surface area contributed by atoms with E-state index in [1.165, 1.54) is 11.3 Å². The average Bonchev–Trinajstić information content (AvgIpc) is 2.87. The maximum Gasteiger partial charge on any atom is 0.303 e. The summed E-state index contributed by atoms with van der Waals surface area (Å²) in [6, 6.07) is 7.09. The molecule has 0 bridgehead atoms. The highest BCUT2D eigenvalue weighted by molar-refractivity contribution is 7.17. The maximum absolute atomic E-state index is 13.1. The van der Waals surface area contributed by atoms with Crippen LogP contribution in [0.3, 0.4) is 0 Å². The molecule has 0 fully saturated rings. The van der Waals surface area contributed by atoms with Crippen LogP contribution < -0.4 is 15.4 Å². The van der Waals surface area contributed by atoms with Gasteiger partial charge in [-0.2, -0.15) is 0 Å². The molecule has 3 rings (SSSR count). The standard InChI is InChI=1S/C21H24N2O5S/c1-28-14-7-5-6-13(12-14)22-20(27)19-15-8-3-2-4-9-16(15)29-21(19)23-17(24)10-11-18(25)26/h5-7,12H,2-4,8-11H2,1H3,(H,22,27)(H,23,24)(H,25,26). The number of hydrogen-bond donors (Lipinski definition) is 3. The summed E-state index contributed by atoms with van der Waals surface area (Å²) in [6.07, 6.45) is 4.45. The van der Waals surface area contributed by atoms with Crippen molar-refractivity contribution in [3.8, 4) is 5.75 Å². The molecule has 8 heteroatoms. The van der Waals surface area contributed by atoms with E-state index >= 15 is 0 Å². The summed E-state index contributed by atoms with van der Waals surface area (Å²) >= 11 is 1.42. The fourth-order valence-electron chi connectivity index (χ4n) is 3.37. The van der Waals surface area contributed by atoms with E-state index in [1.54, 1.807) is 31.4 Å². The summed E-state index contributed by atoms with van der Waals surface area (Å²) in [6.45, 7) is 0. The number of ether oxygens (including phenoxy) is 1. The van der Waals surface area contributed by atoms with Crippen LogP contribution in [0.4, 0.5) is 10.7 Å². The molecular weight excluding hydrogens is 392 g/mol. The molecule has 0 spiro atoms. The number of carboxylic acids is 1. The summed E-state index contributed by atoms with van der Waals surface area (Å²) in [5, 5.41) is 14.9. The van der Waals surface area contributed by atoms with Crippen LogP contribution in [0.1, 0.15) is 52.9 Å². The van der Waals surface area contributed by atoms with Gasteiger partial charge in [-0.1, -0.05) is 12.5 Å². The minimum atomic E-state index is -1.03. The van der Waals surface area contributed by atoms with E-state index < -0.39 is 11.9 Å². The predicted octanol–water partition coefficient (Wildman–Crippen LogP) is 4.08. The number of aliphatic carboxylic acids is 1. The topological polar surface area (TPSA) is 105 Å². The van der Waals surface area contributed by atoms with Crippen molar-refractivity contribution in [1.82, 2.24) is 0 Å². The van der Waals surface area contributed by atoms with Crippen LogP contribution in [-0.2, 0) is 22.4 Å². The minimum Gasteiger partial charge on any atom is -0.497 e. The molecule has 0 aliphatic heterocycles. The number of hydrogen-bond acceptors (Lipinski definition) is 5. The van der Waals surface area contributed by atoms with Crippen LogP contribution in [0.2, 0.25) is 0 Å². The zero-order valence-electron chi connectivity index (χ0n) is 16.2. The van der Waals surface area contributed by atoms with Gasteiger partial charge >= 0.3 is 5.97 Å². The lowest BCUT2D eigenvalue weighted by atomic mass is 10.0. The fraction of sp³-hybridized carbons (Fsp3) is 0.381. The number of carboxylic acid groups (broad SMARTS) is 1. The van der Waals surface area contributed by atoms with Gasteiger partial charge in [-0.25, -0.2) is 0 Å². The number of amides is 2. The van der Waals surface area contributed by atoms with Gasteiger partial charge in [-0.3, -0.25) is 14.4 Å². The third kappa shape index (κ3) is 5.35. The Morgan fingerprint density at radius 2 is 1.90 bits per heavy atom. The summed E-state index contributed by atoms with van der Waals surface area (Å²) in [5.74, 6) is -1.09. The molecule has 1 aromatic heterocycles. The summed E-state index contributed by atoms with van der Waals surface area (Å²) < 4.78 is 5.20. The molecule has 0 saturated carbocycles. The van der Waals surface area contributed by atoms with Gasteiger partial charge in [0.15, 0.2) is 0 Å². The molecule has 0 atom stereocenters. The monoisotopic (exact) mass is 416 g/mol. The van der Waals surface area contributed by atoms with Gasteiger partial charge in [-0.15, -0.1) is 11.3 Å². The first-order valence-electron chi connectivity index (χ1n) is 9.59. The zero-order chi connectivity index (χ0) is 20.8. The largest absolute Gasteiger partial charge is 0.497 e. The second-order valence-corrected chi connectivity index (χ2v) is 8.00. The van der Waals surface area contributed by atoms with Crippen molar-refractivity contribution < 1.29 is 24.2 Å². The molecule has 0 unspecified atom stereocenters. The van der Waals surface area contributed by atoms with Crippen molar-refractivity contribution in [1.29, 1.82) is 0 Å². The van der Waals surface area contributed by atoms with Gasteiger partial charge in [0, 0.05) is 23.1 Å². The van der Waals surface area contributed by atoms with Crippen LogP contribution in [-0.4, -0.2) is 30.0 Å². The Hall–Kier alpha value is -2.87. The van der Waals surface area contributed by atoms with Crippen LogP contribution in [0.25, 0.3) is 0 Å². The third-order valence-electron chi connectivity index (χ3n) is 4.79. The Morgan fingerprint density at radius 3 is 2.66 bits per heavy atom. The summed E-state index contributed by atoms with van der Waals surface area (Å²) in [4.78, 5) is 37.2. The zero-order valence-corrected chi connectivity index (χ0v) is 17.1. The van der Waals surface area contributed by atoms with E-state index in [0.717, 1.165) is 42.5 Å². The predicted molar refractivity (Wildman–Crippen MR) is 112 cm³/mol. The van der Waals surface area contributed by atoms with E-state index in [2.05, 4.69) is 10.6 Å². The lowest BCUT2D eigenvalue weighted by Crippen LogP contribution is -2.18. The van der Waals surface area contributed by atoms with Crippen LogP contribution in [0.15, 0.2) is 24.3 Å². The third-order valence-corrected chi connectivity index (χ3v) is 6.00. The molecule has 1 heterocycles. The number of thiophene rings is 1. The van der Waals surface area contributed by atoms with Crippen LogP contribution in [0.5, 0.6) is 5.75 Å². The first-order chi connectivity index (χ1) is 14.0. The number of fused-ring (bicyclic) bond motifs is 1. The normalized spacial score (nSPS) is 13.1. The molecule has 0 radical (unpaired) electrons. The highest BCUT2D eigenvalue weighted by Gasteiger charge is 2.26. The number of nitrogens with one attached hydrogen (secondary N) is 2. The van der Waals surface area contributed by atoms with Gasteiger partial charge in [0.2, 0.25) is 5.91 Å². The van der Waals surface area contributed by atoms with Crippen molar-refractivity contribution >= 4 is 39.8 Å². The first kappa shape index (κ1) is 20.9. The van der Waals surface area contributed by atoms with Gasteiger partial charge in [0.1, 0.15) is 10.8 Å². The molecule has 2 aromatic rings. The van der Waals surface area contributed by atoms with E-state index in [4.69, 9.17) is 9.84 Å². The first-order valence-corrected chi connectivity index (χ1v) is 10.4. The molecule has 0 saturated heterocycles. The van der Waals surface area contributed by atoms with Crippen LogP contribution >= 0.6 is 11.3 Å². The number of carbonyl (C=O) groups excluding carboxylic acids is 2. The number of carbonyl (C=O) groups is 3. The molecule has 1 aliphatic carbocycles.